The van der Waals surface area contributed by atoms with Crippen molar-refractivity contribution in [3.05, 3.63) is 35.9 Å². The molecule has 20 heavy (non-hydrogen) atoms. The molecule has 2 aliphatic rings. The summed E-state index contributed by atoms with van der Waals surface area (Å²) < 4.78 is 5.92. The molecule has 0 radical (unpaired) electrons. The molecule has 3 nitrogen and oxygen atoms in total. The first-order valence-corrected chi connectivity index (χ1v) is 7.84. The fourth-order valence-corrected chi connectivity index (χ4v) is 3.32. The minimum Gasteiger partial charge on any atom is -0.392 e. The second kappa shape index (κ2) is 6.25. The summed E-state index contributed by atoms with van der Waals surface area (Å²) in [5.74, 6) is 0. The quantitative estimate of drug-likeness (QED) is 0.894. The summed E-state index contributed by atoms with van der Waals surface area (Å²) >= 11 is 0. The summed E-state index contributed by atoms with van der Waals surface area (Å²) in [5, 5.41) is 10.2. The van der Waals surface area contributed by atoms with Gasteiger partial charge in [-0.2, -0.15) is 0 Å². The maximum atomic E-state index is 10.2. The molecule has 1 unspecified atom stereocenters. The van der Waals surface area contributed by atoms with Gasteiger partial charge in [-0.3, -0.25) is 4.90 Å². The minimum absolute atomic E-state index is 0.136. The molecule has 1 atom stereocenters. The molecule has 1 aromatic carbocycles. The molecular weight excluding hydrogens is 250 g/mol. The molecule has 1 saturated carbocycles. The van der Waals surface area contributed by atoms with Crippen LogP contribution in [0.4, 0.5) is 0 Å². The molecule has 1 aliphatic carbocycles. The average Bonchev–Trinajstić information content (AvgIpc) is 2.45. The predicted octanol–water partition coefficient (Wildman–Crippen LogP) is 2.24. The van der Waals surface area contributed by atoms with Crippen molar-refractivity contribution in [2.45, 2.75) is 43.8 Å². The van der Waals surface area contributed by atoms with Gasteiger partial charge in [0.2, 0.25) is 0 Å². The number of β-amino-alcohol motifs (C(OH)–C–C–N with tert-alkyl or cyclic N) is 1. The zero-order chi connectivity index (χ0) is 13.8. The van der Waals surface area contributed by atoms with Crippen LogP contribution in [0, 0.1) is 0 Å². The van der Waals surface area contributed by atoms with Gasteiger partial charge in [0.1, 0.15) is 0 Å². The summed E-state index contributed by atoms with van der Waals surface area (Å²) in [7, 11) is 0. The number of aryl methyl sites for hydroxylation is 1. The molecule has 1 heterocycles. The third-order valence-corrected chi connectivity index (χ3v) is 4.67. The lowest BCUT2D eigenvalue weighted by atomic mass is 9.79. The lowest BCUT2D eigenvalue weighted by Gasteiger charge is -2.48. The van der Waals surface area contributed by atoms with Gasteiger partial charge in [-0.15, -0.1) is 0 Å². The number of nitrogens with zero attached hydrogens (tertiary/aromatic N) is 1. The Hall–Kier alpha value is -0.900. The van der Waals surface area contributed by atoms with Gasteiger partial charge in [-0.1, -0.05) is 30.3 Å². The SMILES string of the molecule is OC(CCc1ccccc1)CN1CCOC2(CCC2)C1. The Morgan fingerprint density at radius 3 is 2.75 bits per heavy atom. The highest BCUT2D eigenvalue weighted by atomic mass is 16.5. The zero-order valence-electron chi connectivity index (χ0n) is 12.1. The summed E-state index contributed by atoms with van der Waals surface area (Å²) in [6.45, 7) is 3.59. The van der Waals surface area contributed by atoms with E-state index < -0.39 is 0 Å². The van der Waals surface area contributed by atoms with E-state index in [0.29, 0.717) is 0 Å². The van der Waals surface area contributed by atoms with Crippen LogP contribution in [-0.4, -0.2) is 48.0 Å². The van der Waals surface area contributed by atoms with E-state index in [9.17, 15) is 5.11 Å². The number of hydrogen-bond acceptors (Lipinski definition) is 3. The van der Waals surface area contributed by atoms with E-state index in [1.807, 2.05) is 6.07 Å². The van der Waals surface area contributed by atoms with E-state index in [0.717, 1.165) is 39.1 Å². The summed E-state index contributed by atoms with van der Waals surface area (Å²) in [4.78, 5) is 2.39. The zero-order valence-corrected chi connectivity index (χ0v) is 12.1. The molecule has 2 fully saturated rings. The summed E-state index contributed by atoms with van der Waals surface area (Å²) in [6, 6.07) is 10.4. The molecule has 0 bridgehead atoms. The topological polar surface area (TPSA) is 32.7 Å². The normalized spacial score (nSPS) is 23.4. The van der Waals surface area contributed by atoms with Crippen LogP contribution >= 0.6 is 0 Å². The predicted molar refractivity (Wildman–Crippen MR) is 79.7 cm³/mol. The van der Waals surface area contributed by atoms with Gasteiger partial charge >= 0.3 is 0 Å². The Kier molecular flexibility index (Phi) is 4.39. The number of benzene rings is 1. The van der Waals surface area contributed by atoms with Crippen molar-refractivity contribution in [3.8, 4) is 0 Å². The number of aliphatic hydroxyl groups is 1. The van der Waals surface area contributed by atoms with Crippen molar-refractivity contribution >= 4 is 0 Å². The maximum absolute atomic E-state index is 10.2. The molecule has 1 aliphatic heterocycles. The third-order valence-electron chi connectivity index (χ3n) is 4.67. The smallest absolute Gasteiger partial charge is 0.0809 e. The van der Waals surface area contributed by atoms with Crippen LogP contribution in [0.5, 0.6) is 0 Å². The van der Waals surface area contributed by atoms with Crippen molar-refractivity contribution in [2.75, 3.05) is 26.2 Å². The van der Waals surface area contributed by atoms with E-state index in [4.69, 9.17) is 4.74 Å². The molecule has 3 heteroatoms. The van der Waals surface area contributed by atoms with Crippen molar-refractivity contribution < 1.29 is 9.84 Å². The highest BCUT2D eigenvalue weighted by molar-refractivity contribution is 5.14. The first kappa shape index (κ1) is 14.1. The number of aliphatic hydroxyl groups excluding tert-OH is 1. The lowest BCUT2D eigenvalue weighted by Crippen LogP contribution is -2.56. The minimum atomic E-state index is -0.231. The molecule has 0 aromatic heterocycles. The fourth-order valence-electron chi connectivity index (χ4n) is 3.32. The molecule has 0 amide bonds. The number of hydrogen-bond donors (Lipinski definition) is 1. The second-order valence-electron chi connectivity index (χ2n) is 6.30. The van der Waals surface area contributed by atoms with Gasteiger partial charge in [0, 0.05) is 19.6 Å². The first-order valence-electron chi connectivity index (χ1n) is 7.84. The third kappa shape index (κ3) is 3.40. The summed E-state index contributed by atoms with van der Waals surface area (Å²) in [5.41, 5.74) is 1.45. The molecule has 1 N–H and O–H groups in total. The van der Waals surface area contributed by atoms with Gasteiger partial charge < -0.3 is 9.84 Å². The first-order chi connectivity index (χ1) is 9.76. The Labute approximate surface area is 121 Å². The lowest BCUT2D eigenvalue weighted by molar-refractivity contribution is -0.155. The van der Waals surface area contributed by atoms with Crippen LogP contribution in [0.1, 0.15) is 31.2 Å². The fraction of sp³-hybridized carbons (Fsp3) is 0.647. The van der Waals surface area contributed by atoms with E-state index >= 15 is 0 Å². The van der Waals surface area contributed by atoms with Gasteiger partial charge in [-0.05, 0) is 37.7 Å². The van der Waals surface area contributed by atoms with E-state index in [1.165, 1.54) is 24.8 Å². The molecule has 3 rings (SSSR count). The average molecular weight is 275 g/mol. The van der Waals surface area contributed by atoms with Crippen molar-refractivity contribution in [1.82, 2.24) is 4.90 Å². The second-order valence-corrected chi connectivity index (χ2v) is 6.30. The van der Waals surface area contributed by atoms with Crippen LogP contribution in [0.2, 0.25) is 0 Å². The van der Waals surface area contributed by atoms with Crippen LogP contribution in [0.15, 0.2) is 30.3 Å². The van der Waals surface area contributed by atoms with Crippen LogP contribution in [0.3, 0.4) is 0 Å². The molecule has 110 valence electrons. The molecule has 1 spiro atoms. The van der Waals surface area contributed by atoms with Gasteiger partial charge in [0.25, 0.3) is 0 Å². The molecular formula is C17H25NO2. The van der Waals surface area contributed by atoms with Gasteiger partial charge in [0.15, 0.2) is 0 Å². The maximum Gasteiger partial charge on any atom is 0.0809 e. The Balaban J connectivity index is 1.43. The van der Waals surface area contributed by atoms with Gasteiger partial charge in [0.05, 0.1) is 18.3 Å². The van der Waals surface area contributed by atoms with Crippen molar-refractivity contribution in [2.24, 2.45) is 0 Å². The van der Waals surface area contributed by atoms with Crippen LogP contribution in [-0.2, 0) is 11.2 Å². The largest absolute Gasteiger partial charge is 0.392 e. The molecule has 1 aromatic rings. The molecule has 1 saturated heterocycles. The summed E-state index contributed by atoms with van der Waals surface area (Å²) in [6.07, 6.45) is 5.26. The van der Waals surface area contributed by atoms with Crippen molar-refractivity contribution in [3.63, 3.8) is 0 Å². The Bertz CT molecular complexity index is 416. The number of morpholine rings is 1. The van der Waals surface area contributed by atoms with Crippen molar-refractivity contribution in [1.29, 1.82) is 0 Å². The van der Waals surface area contributed by atoms with Gasteiger partial charge in [-0.25, -0.2) is 0 Å². The van der Waals surface area contributed by atoms with Crippen LogP contribution < -0.4 is 0 Å². The Morgan fingerprint density at radius 2 is 2.05 bits per heavy atom. The van der Waals surface area contributed by atoms with E-state index in [2.05, 4.69) is 29.2 Å². The van der Waals surface area contributed by atoms with Crippen LogP contribution in [0.25, 0.3) is 0 Å². The number of ether oxygens (including phenoxy) is 1. The number of rotatable bonds is 5. The highest BCUT2D eigenvalue weighted by Gasteiger charge is 2.42. The monoisotopic (exact) mass is 275 g/mol. The Morgan fingerprint density at radius 1 is 1.25 bits per heavy atom. The van der Waals surface area contributed by atoms with E-state index in [1.54, 1.807) is 0 Å². The standard InChI is InChI=1S/C17H25NO2/c19-16(8-7-15-5-2-1-3-6-15)13-18-11-12-20-17(14-18)9-4-10-17/h1-3,5-6,16,19H,4,7-14H2. The highest BCUT2D eigenvalue weighted by Crippen LogP contribution is 2.38. The van der Waals surface area contributed by atoms with E-state index in [-0.39, 0.29) is 11.7 Å².